The first kappa shape index (κ1) is 14.1. The van der Waals surface area contributed by atoms with Gasteiger partial charge in [0.25, 0.3) is 5.91 Å². The maximum atomic E-state index is 12.3. The number of carbonyl (C=O) groups excluding carboxylic acids is 1. The van der Waals surface area contributed by atoms with Gasteiger partial charge in [0, 0.05) is 44.0 Å². The highest BCUT2D eigenvalue weighted by molar-refractivity contribution is 9.10. The molecule has 0 aliphatic carbocycles. The second-order valence-corrected chi connectivity index (χ2v) is 6.27. The number of anilines is 1. The highest BCUT2D eigenvalue weighted by Gasteiger charge is 2.24. The van der Waals surface area contributed by atoms with Gasteiger partial charge in [-0.2, -0.15) is 0 Å². The summed E-state index contributed by atoms with van der Waals surface area (Å²) in [7, 11) is 1.62. The van der Waals surface area contributed by atoms with E-state index in [9.17, 15) is 4.79 Å². The van der Waals surface area contributed by atoms with Gasteiger partial charge in [0.15, 0.2) is 0 Å². The Kier molecular flexibility index (Phi) is 3.23. The minimum absolute atomic E-state index is 0.0994. The molecule has 0 atom stereocenters. The summed E-state index contributed by atoms with van der Waals surface area (Å²) in [6.45, 7) is 0. The normalized spacial score (nSPS) is 15.0. The first-order valence-electron chi connectivity index (χ1n) is 7.14. The van der Waals surface area contributed by atoms with Crippen LogP contribution in [-0.4, -0.2) is 18.0 Å². The lowest BCUT2D eigenvalue weighted by Gasteiger charge is -2.03. The molecule has 2 N–H and O–H groups in total. The monoisotopic (exact) mass is 368 g/mol. The average molecular weight is 369 g/mol. The Balaban J connectivity index is 1.88. The van der Waals surface area contributed by atoms with Gasteiger partial charge in [-0.05, 0) is 42.5 Å². The standard InChI is InChI=1S/C18H13BrN2O2/c1-23-12-3-5-17-14(8-12)15(18(22)21-17)6-10-9-20-16-4-2-11(19)7-13(10)16/h2-9,20H,1H3,(H,21,22)/b15-6+. The predicted octanol–water partition coefficient (Wildman–Crippen LogP) is 4.43. The van der Waals surface area contributed by atoms with Crippen molar-refractivity contribution in [1.82, 2.24) is 4.98 Å². The van der Waals surface area contributed by atoms with Crippen molar-refractivity contribution in [3.05, 3.63) is 58.2 Å². The first-order chi connectivity index (χ1) is 11.2. The Morgan fingerprint density at radius 2 is 2.04 bits per heavy atom. The summed E-state index contributed by atoms with van der Waals surface area (Å²) in [5.41, 5.74) is 4.31. The summed E-state index contributed by atoms with van der Waals surface area (Å²) >= 11 is 3.49. The number of amides is 1. The van der Waals surface area contributed by atoms with Gasteiger partial charge in [0.05, 0.1) is 7.11 Å². The van der Waals surface area contributed by atoms with Gasteiger partial charge in [0.1, 0.15) is 5.75 Å². The molecule has 4 rings (SSSR count). The van der Waals surface area contributed by atoms with Gasteiger partial charge < -0.3 is 15.0 Å². The lowest BCUT2D eigenvalue weighted by molar-refractivity contribution is -0.110. The van der Waals surface area contributed by atoms with E-state index in [0.717, 1.165) is 37.9 Å². The van der Waals surface area contributed by atoms with E-state index in [0.29, 0.717) is 5.57 Å². The molecule has 23 heavy (non-hydrogen) atoms. The van der Waals surface area contributed by atoms with Crippen molar-refractivity contribution in [2.24, 2.45) is 0 Å². The van der Waals surface area contributed by atoms with Gasteiger partial charge >= 0.3 is 0 Å². The third-order valence-corrected chi connectivity index (χ3v) is 4.48. The molecule has 0 fully saturated rings. The highest BCUT2D eigenvalue weighted by atomic mass is 79.9. The molecule has 1 amide bonds. The number of aromatic nitrogens is 1. The van der Waals surface area contributed by atoms with E-state index in [-0.39, 0.29) is 5.91 Å². The zero-order valence-corrected chi connectivity index (χ0v) is 13.9. The molecule has 0 spiro atoms. The summed E-state index contributed by atoms with van der Waals surface area (Å²) < 4.78 is 6.27. The summed E-state index contributed by atoms with van der Waals surface area (Å²) in [4.78, 5) is 15.5. The van der Waals surface area contributed by atoms with Gasteiger partial charge in [-0.25, -0.2) is 0 Å². The van der Waals surface area contributed by atoms with E-state index >= 15 is 0 Å². The topological polar surface area (TPSA) is 54.1 Å². The lowest BCUT2D eigenvalue weighted by atomic mass is 10.0. The molecular weight excluding hydrogens is 356 g/mol. The molecular formula is C18H13BrN2O2. The Hall–Kier alpha value is -2.53. The van der Waals surface area contributed by atoms with E-state index in [2.05, 4.69) is 26.2 Å². The summed E-state index contributed by atoms with van der Waals surface area (Å²) in [6.07, 6.45) is 3.82. The number of benzene rings is 2. The van der Waals surface area contributed by atoms with Crippen LogP contribution in [0.1, 0.15) is 11.1 Å². The fourth-order valence-corrected chi connectivity index (χ4v) is 3.19. The van der Waals surface area contributed by atoms with Crippen molar-refractivity contribution in [2.75, 3.05) is 12.4 Å². The van der Waals surface area contributed by atoms with Crippen molar-refractivity contribution >= 4 is 50.1 Å². The quantitative estimate of drug-likeness (QED) is 0.657. The van der Waals surface area contributed by atoms with Crippen LogP contribution in [-0.2, 0) is 4.79 Å². The predicted molar refractivity (Wildman–Crippen MR) is 95.5 cm³/mol. The molecule has 2 aromatic carbocycles. The minimum atomic E-state index is -0.0994. The summed E-state index contributed by atoms with van der Waals surface area (Å²) in [5, 5.41) is 3.95. The van der Waals surface area contributed by atoms with Gasteiger partial charge in [-0.3, -0.25) is 4.79 Å². The molecule has 1 aromatic heterocycles. The van der Waals surface area contributed by atoms with Crippen LogP contribution in [0, 0.1) is 0 Å². The number of hydrogen-bond acceptors (Lipinski definition) is 2. The second kappa shape index (κ2) is 5.28. The maximum absolute atomic E-state index is 12.3. The minimum Gasteiger partial charge on any atom is -0.497 e. The van der Waals surface area contributed by atoms with E-state index < -0.39 is 0 Å². The number of aromatic amines is 1. The van der Waals surface area contributed by atoms with Crippen molar-refractivity contribution in [1.29, 1.82) is 0 Å². The molecule has 0 saturated heterocycles. The molecule has 1 aliphatic heterocycles. The smallest absolute Gasteiger partial charge is 0.256 e. The third kappa shape index (κ3) is 2.33. The number of carbonyl (C=O) groups is 1. The lowest BCUT2D eigenvalue weighted by Crippen LogP contribution is -2.03. The second-order valence-electron chi connectivity index (χ2n) is 5.36. The summed E-state index contributed by atoms with van der Waals surface area (Å²) in [6, 6.07) is 11.6. The van der Waals surface area contributed by atoms with Gasteiger partial charge in [0.2, 0.25) is 0 Å². The zero-order valence-electron chi connectivity index (χ0n) is 12.3. The largest absolute Gasteiger partial charge is 0.497 e. The number of fused-ring (bicyclic) bond motifs is 2. The Morgan fingerprint density at radius 3 is 2.87 bits per heavy atom. The van der Waals surface area contributed by atoms with Crippen molar-refractivity contribution in [3.63, 3.8) is 0 Å². The van der Waals surface area contributed by atoms with Crippen LogP contribution >= 0.6 is 15.9 Å². The molecule has 1 aliphatic rings. The fraction of sp³-hybridized carbons (Fsp3) is 0.0556. The number of halogens is 1. The molecule has 114 valence electrons. The van der Waals surface area contributed by atoms with E-state index in [1.165, 1.54) is 0 Å². The van der Waals surface area contributed by atoms with Crippen molar-refractivity contribution in [2.45, 2.75) is 0 Å². The molecule has 3 aromatic rings. The molecule has 2 heterocycles. The van der Waals surface area contributed by atoms with Crippen LogP contribution in [0.15, 0.2) is 47.1 Å². The molecule has 4 nitrogen and oxygen atoms in total. The number of nitrogens with one attached hydrogen (secondary N) is 2. The SMILES string of the molecule is COc1ccc2c(c1)/C(=C\c1c[nH]c3ccc(Br)cc13)C(=O)N2. The molecule has 0 bridgehead atoms. The van der Waals surface area contributed by atoms with E-state index in [1.807, 2.05) is 48.7 Å². The molecule has 0 radical (unpaired) electrons. The van der Waals surface area contributed by atoms with Crippen LogP contribution in [0.5, 0.6) is 5.75 Å². The van der Waals surface area contributed by atoms with E-state index in [1.54, 1.807) is 7.11 Å². The first-order valence-corrected chi connectivity index (χ1v) is 7.93. The third-order valence-electron chi connectivity index (χ3n) is 3.99. The number of rotatable bonds is 2. The van der Waals surface area contributed by atoms with Crippen molar-refractivity contribution in [3.8, 4) is 5.75 Å². The fourth-order valence-electron chi connectivity index (χ4n) is 2.83. The van der Waals surface area contributed by atoms with Gasteiger partial charge in [-0.15, -0.1) is 0 Å². The Labute approximate surface area is 141 Å². The number of H-pyrrole nitrogens is 1. The van der Waals surface area contributed by atoms with Crippen LogP contribution in [0.2, 0.25) is 0 Å². The molecule has 5 heteroatoms. The maximum Gasteiger partial charge on any atom is 0.256 e. The van der Waals surface area contributed by atoms with Crippen LogP contribution in [0.3, 0.4) is 0 Å². The average Bonchev–Trinajstić information content (AvgIpc) is 3.08. The summed E-state index contributed by atoms with van der Waals surface area (Å²) in [5.74, 6) is 0.630. The molecule has 0 saturated carbocycles. The van der Waals surface area contributed by atoms with Crippen LogP contribution in [0.25, 0.3) is 22.6 Å². The number of hydrogen-bond donors (Lipinski definition) is 2. The number of methoxy groups -OCH3 is 1. The van der Waals surface area contributed by atoms with Crippen LogP contribution in [0.4, 0.5) is 5.69 Å². The number of ether oxygens (including phenoxy) is 1. The van der Waals surface area contributed by atoms with E-state index in [4.69, 9.17) is 4.74 Å². The van der Waals surface area contributed by atoms with Crippen LogP contribution < -0.4 is 10.1 Å². The molecule has 0 unspecified atom stereocenters. The van der Waals surface area contributed by atoms with Gasteiger partial charge in [-0.1, -0.05) is 15.9 Å². The zero-order chi connectivity index (χ0) is 16.0. The van der Waals surface area contributed by atoms with Crippen molar-refractivity contribution < 1.29 is 9.53 Å². The highest BCUT2D eigenvalue weighted by Crippen LogP contribution is 2.36. The Morgan fingerprint density at radius 1 is 1.17 bits per heavy atom. The Bertz CT molecular complexity index is 972.